The smallest absolute Gasteiger partial charge is 0.227 e. The van der Waals surface area contributed by atoms with E-state index in [4.69, 9.17) is 9.26 Å². The Morgan fingerprint density at radius 2 is 1.85 bits per heavy atom. The third kappa shape index (κ3) is 4.58. The molecule has 1 amide bonds. The SMILES string of the molecule is COc1ccc(-c2noc(CCC(=O)Nc3ccccc3C(C)=O)n2)cc1. The summed E-state index contributed by atoms with van der Waals surface area (Å²) in [5, 5.41) is 6.69. The number of hydrogen-bond donors (Lipinski definition) is 1. The van der Waals surface area contributed by atoms with Crippen LogP contribution in [0.1, 0.15) is 29.6 Å². The van der Waals surface area contributed by atoms with Gasteiger partial charge in [-0.3, -0.25) is 9.59 Å². The number of Topliss-reactive ketones (excluding diaryl/α,β-unsaturated/α-hetero) is 1. The first-order valence-corrected chi connectivity index (χ1v) is 8.43. The quantitative estimate of drug-likeness (QED) is 0.644. The molecule has 1 aromatic heterocycles. The molecule has 0 aliphatic heterocycles. The number of carbonyl (C=O) groups is 2. The molecule has 0 radical (unpaired) electrons. The fraction of sp³-hybridized carbons (Fsp3) is 0.200. The highest BCUT2D eigenvalue weighted by atomic mass is 16.5. The van der Waals surface area contributed by atoms with Gasteiger partial charge in [-0.15, -0.1) is 0 Å². The van der Waals surface area contributed by atoms with E-state index in [1.165, 1.54) is 6.92 Å². The maximum atomic E-state index is 12.2. The normalized spacial score (nSPS) is 10.4. The summed E-state index contributed by atoms with van der Waals surface area (Å²) in [4.78, 5) is 28.1. The van der Waals surface area contributed by atoms with Crippen LogP contribution in [0, 0.1) is 0 Å². The molecule has 0 aliphatic carbocycles. The summed E-state index contributed by atoms with van der Waals surface area (Å²) in [6, 6.07) is 14.2. The standard InChI is InChI=1S/C20H19N3O4/c1-13(24)16-5-3-4-6-17(16)21-18(25)11-12-19-22-20(23-27-19)14-7-9-15(26-2)10-8-14/h3-10H,11-12H2,1-2H3,(H,21,25). The van der Waals surface area contributed by atoms with Gasteiger partial charge in [0, 0.05) is 24.0 Å². The predicted molar refractivity (Wildman–Crippen MR) is 99.7 cm³/mol. The third-order valence-electron chi connectivity index (χ3n) is 3.96. The lowest BCUT2D eigenvalue weighted by Gasteiger charge is -2.08. The van der Waals surface area contributed by atoms with E-state index in [1.54, 1.807) is 31.4 Å². The molecule has 7 heteroatoms. The molecule has 0 fully saturated rings. The molecule has 138 valence electrons. The minimum Gasteiger partial charge on any atom is -0.497 e. The molecule has 1 N–H and O–H groups in total. The Bertz CT molecular complexity index is 948. The summed E-state index contributed by atoms with van der Waals surface area (Å²) in [5.41, 5.74) is 1.77. The van der Waals surface area contributed by atoms with Gasteiger partial charge in [-0.1, -0.05) is 17.3 Å². The van der Waals surface area contributed by atoms with Crippen LogP contribution in [0.15, 0.2) is 53.1 Å². The largest absolute Gasteiger partial charge is 0.497 e. The summed E-state index contributed by atoms with van der Waals surface area (Å²) < 4.78 is 10.3. The third-order valence-corrected chi connectivity index (χ3v) is 3.96. The van der Waals surface area contributed by atoms with Crippen molar-refractivity contribution < 1.29 is 18.8 Å². The lowest BCUT2D eigenvalue weighted by atomic mass is 10.1. The number of nitrogens with one attached hydrogen (secondary N) is 1. The first kappa shape index (κ1) is 18.3. The summed E-state index contributed by atoms with van der Waals surface area (Å²) >= 11 is 0. The van der Waals surface area contributed by atoms with Gasteiger partial charge in [-0.2, -0.15) is 4.98 Å². The summed E-state index contributed by atoms with van der Waals surface area (Å²) in [6.45, 7) is 1.46. The number of ketones is 1. The van der Waals surface area contributed by atoms with Crippen LogP contribution in [0.2, 0.25) is 0 Å². The van der Waals surface area contributed by atoms with Gasteiger partial charge >= 0.3 is 0 Å². The van der Waals surface area contributed by atoms with Crippen molar-refractivity contribution in [1.82, 2.24) is 10.1 Å². The van der Waals surface area contributed by atoms with Crippen LogP contribution in [0.4, 0.5) is 5.69 Å². The van der Waals surface area contributed by atoms with Crippen LogP contribution in [-0.4, -0.2) is 28.9 Å². The van der Waals surface area contributed by atoms with E-state index in [0.717, 1.165) is 11.3 Å². The monoisotopic (exact) mass is 365 g/mol. The molecule has 0 spiro atoms. The molecule has 0 unspecified atom stereocenters. The highest BCUT2D eigenvalue weighted by molar-refractivity contribution is 6.03. The van der Waals surface area contributed by atoms with Gasteiger partial charge in [0.25, 0.3) is 0 Å². The van der Waals surface area contributed by atoms with Gasteiger partial charge in [0.2, 0.25) is 17.6 Å². The number of anilines is 1. The van der Waals surface area contributed by atoms with Crippen LogP contribution in [0.3, 0.4) is 0 Å². The second-order valence-electron chi connectivity index (χ2n) is 5.89. The van der Waals surface area contributed by atoms with Gasteiger partial charge in [-0.25, -0.2) is 0 Å². The van der Waals surface area contributed by atoms with Crippen molar-refractivity contribution in [1.29, 1.82) is 0 Å². The fourth-order valence-corrected chi connectivity index (χ4v) is 2.55. The minimum absolute atomic E-state index is 0.105. The Balaban J connectivity index is 1.60. The molecule has 3 rings (SSSR count). The van der Waals surface area contributed by atoms with Gasteiger partial charge in [0.1, 0.15) is 5.75 Å². The van der Waals surface area contributed by atoms with Crippen molar-refractivity contribution >= 4 is 17.4 Å². The van der Waals surface area contributed by atoms with E-state index in [0.29, 0.717) is 29.4 Å². The second kappa shape index (κ2) is 8.27. The number of benzene rings is 2. The van der Waals surface area contributed by atoms with E-state index >= 15 is 0 Å². The minimum atomic E-state index is -0.229. The molecule has 7 nitrogen and oxygen atoms in total. The Morgan fingerprint density at radius 3 is 2.56 bits per heavy atom. The summed E-state index contributed by atoms with van der Waals surface area (Å²) in [5.74, 6) is 1.23. The number of rotatable bonds is 7. The Kier molecular flexibility index (Phi) is 5.61. The Labute approximate surface area is 156 Å². The molecule has 1 heterocycles. The van der Waals surface area contributed by atoms with E-state index in [2.05, 4.69) is 15.5 Å². The number of ether oxygens (including phenoxy) is 1. The molecule has 27 heavy (non-hydrogen) atoms. The van der Waals surface area contributed by atoms with Crippen LogP contribution in [0.25, 0.3) is 11.4 Å². The zero-order valence-corrected chi connectivity index (χ0v) is 15.1. The summed E-state index contributed by atoms with van der Waals surface area (Å²) in [6.07, 6.45) is 0.466. The average Bonchev–Trinajstić information content (AvgIpc) is 3.16. The molecule has 0 atom stereocenters. The lowest BCUT2D eigenvalue weighted by molar-refractivity contribution is -0.116. The van der Waals surface area contributed by atoms with Crippen molar-refractivity contribution in [2.45, 2.75) is 19.8 Å². The van der Waals surface area contributed by atoms with Crippen LogP contribution in [-0.2, 0) is 11.2 Å². The molecule has 0 aliphatic rings. The van der Waals surface area contributed by atoms with E-state index in [1.807, 2.05) is 24.3 Å². The number of aryl methyl sites for hydroxylation is 1. The topological polar surface area (TPSA) is 94.3 Å². The number of amides is 1. The molecule has 2 aromatic carbocycles. The Hall–Kier alpha value is -3.48. The fourth-order valence-electron chi connectivity index (χ4n) is 2.55. The van der Waals surface area contributed by atoms with Crippen molar-refractivity contribution in [3.05, 3.63) is 60.0 Å². The second-order valence-corrected chi connectivity index (χ2v) is 5.89. The molecular weight excluding hydrogens is 346 g/mol. The molecule has 3 aromatic rings. The van der Waals surface area contributed by atoms with Crippen LogP contribution in [0.5, 0.6) is 5.75 Å². The van der Waals surface area contributed by atoms with Gasteiger partial charge in [0.05, 0.1) is 12.8 Å². The number of aromatic nitrogens is 2. The van der Waals surface area contributed by atoms with Crippen molar-refractivity contribution in [3.8, 4) is 17.1 Å². The van der Waals surface area contributed by atoms with E-state index in [9.17, 15) is 9.59 Å². The van der Waals surface area contributed by atoms with Gasteiger partial charge in [-0.05, 0) is 43.3 Å². The lowest BCUT2D eigenvalue weighted by Crippen LogP contribution is -2.14. The predicted octanol–water partition coefficient (Wildman–Crippen LogP) is 3.52. The zero-order chi connectivity index (χ0) is 19.2. The average molecular weight is 365 g/mol. The first-order chi connectivity index (χ1) is 13.1. The summed E-state index contributed by atoms with van der Waals surface area (Å²) in [7, 11) is 1.60. The van der Waals surface area contributed by atoms with E-state index < -0.39 is 0 Å². The number of hydrogen-bond acceptors (Lipinski definition) is 6. The number of para-hydroxylation sites is 1. The van der Waals surface area contributed by atoms with Gasteiger partial charge in [0.15, 0.2) is 5.78 Å². The molecular formula is C20H19N3O4. The van der Waals surface area contributed by atoms with Crippen molar-refractivity contribution in [2.24, 2.45) is 0 Å². The Morgan fingerprint density at radius 1 is 1.11 bits per heavy atom. The van der Waals surface area contributed by atoms with E-state index in [-0.39, 0.29) is 18.1 Å². The molecule has 0 saturated heterocycles. The van der Waals surface area contributed by atoms with Crippen LogP contribution < -0.4 is 10.1 Å². The first-order valence-electron chi connectivity index (χ1n) is 8.43. The highest BCUT2D eigenvalue weighted by Gasteiger charge is 2.13. The number of nitrogens with zero attached hydrogens (tertiary/aromatic N) is 2. The maximum Gasteiger partial charge on any atom is 0.227 e. The molecule has 0 saturated carbocycles. The van der Waals surface area contributed by atoms with Crippen LogP contribution >= 0.6 is 0 Å². The number of methoxy groups -OCH3 is 1. The van der Waals surface area contributed by atoms with Crippen molar-refractivity contribution in [3.63, 3.8) is 0 Å². The van der Waals surface area contributed by atoms with Gasteiger partial charge < -0.3 is 14.6 Å². The zero-order valence-electron chi connectivity index (χ0n) is 15.1. The highest BCUT2D eigenvalue weighted by Crippen LogP contribution is 2.20. The maximum absolute atomic E-state index is 12.2. The molecule has 0 bridgehead atoms. The number of carbonyl (C=O) groups excluding carboxylic acids is 2. The van der Waals surface area contributed by atoms with Crippen molar-refractivity contribution in [2.75, 3.05) is 12.4 Å².